The maximum Gasteiger partial charge on any atom is 0.404 e. The molecule has 0 saturated heterocycles. The van der Waals surface area contributed by atoms with Crippen LogP contribution >= 0.6 is 0 Å². The number of carboxylic acids is 1. The van der Waals surface area contributed by atoms with E-state index in [-0.39, 0.29) is 24.5 Å². The van der Waals surface area contributed by atoms with Gasteiger partial charge in [-0.1, -0.05) is 12.1 Å². The van der Waals surface area contributed by atoms with Crippen LogP contribution in [-0.2, 0) is 20.5 Å². The lowest BCUT2D eigenvalue weighted by atomic mass is 10.1. The van der Waals surface area contributed by atoms with Crippen molar-refractivity contribution in [3.63, 3.8) is 0 Å². The second-order valence-corrected chi connectivity index (χ2v) is 5.63. The number of carbonyl (C=O) groups excluding carboxylic acids is 1. The van der Waals surface area contributed by atoms with Crippen LogP contribution in [0.2, 0.25) is 0 Å². The van der Waals surface area contributed by atoms with E-state index in [2.05, 4.69) is 9.46 Å². The molecule has 1 rings (SSSR count). The van der Waals surface area contributed by atoms with E-state index in [1.807, 2.05) is 0 Å². The van der Waals surface area contributed by atoms with E-state index in [0.717, 1.165) is 0 Å². The first kappa shape index (κ1) is 15.9. The van der Waals surface area contributed by atoms with Gasteiger partial charge in [-0.3, -0.25) is 0 Å². The molecular weight excluding hydrogens is 288 g/mol. The van der Waals surface area contributed by atoms with Crippen molar-refractivity contribution in [3.05, 3.63) is 35.4 Å². The number of ether oxygens (including phenoxy) is 1. The van der Waals surface area contributed by atoms with Crippen molar-refractivity contribution >= 4 is 22.1 Å². The summed E-state index contributed by atoms with van der Waals surface area (Å²) >= 11 is 0. The number of hydrogen-bond donors (Lipinski definition) is 3. The summed E-state index contributed by atoms with van der Waals surface area (Å²) in [5, 5.41) is 8.71. The smallest absolute Gasteiger partial charge is 0.404 e. The highest BCUT2D eigenvalue weighted by Gasteiger charge is 2.12. The van der Waals surface area contributed by atoms with Crippen LogP contribution in [-0.4, -0.2) is 38.7 Å². The maximum absolute atomic E-state index is 11.7. The molecule has 1 aromatic rings. The topological polar surface area (TPSA) is 136 Å². The summed E-state index contributed by atoms with van der Waals surface area (Å²) in [6.45, 7) is -0.245. The number of nitrogens with one attached hydrogen (secondary N) is 1. The Kier molecular flexibility index (Phi) is 5.47. The fourth-order valence-electron chi connectivity index (χ4n) is 1.36. The molecule has 1 aromatic carbocycles. The SMILES string of the molecule is NC(=O)OCCNS(=O)(=O)Cc1ccc(C(=O)O)cc1. The average Bonchev–Trinajstić information content (AvgIpc) is 2.34. The number of hydrogen-bond acceptors (Lipinski definition) is 5. The Labute approximate surface area is 115 Å². The first-order chi connectivity index (χ1) is 9.30. The standard InChI is InChI=1S/C11H14N2O6S/c12-11(16)19-6-5-13-20(17,18)7-8-1-3-9(4-2-8)10(14)15/h1-4,13H,5-7H2,(H2,12,16)(H,14,15). The molecule has 0 unspecified atom stereocenters. The highest BCUT2D eigenvalue weighted by Crippen LogP contribution is 2.07. The van der Waals surface area contributed by atoms with Crippen LogP contribution in [0.1, 0.15) is 15.9 Å². The molecule has 0 aromatic heterocycles. The van der Waals surface area contributed by atoms with Gasteiger partial charge >= 0.3 is 12.1 Å². The van der Waals surface area contributed by atoms with Crippen LogP contribution in [0.25, 0.3) is 0 Å². The quantitative estimate of drug-likeness (QED) is 0.602. The molecule has 110 valence electrons. The summed E-state index contributed by atoms with van der Waals surface area (Å²) in [5.74, 6) is -1.38. The van der Waals surface area contributed by atoms with Crippen LogP contribution in [0.5, 0.6) is 0 Å². The molecule has 0 aliphatic carbocycles. The van der Waals surface area contributed by atoms with Gasteiger partial charge in [-0.25, -0.2) is 22.7 Å². The average molecular weight is 302 g/mol. The van der Waals surface area contributed by atoms with Gasteiger partial charge in [-0.15, -0.1) is 0 Å². The van der Waals surface area contributed by atoms with Crippen molar-refractivity contribution in [2.24, 2.45) is 5.73 Å². The van der Waals surface area contributed by atoms with Crippen LogP contribution in [0.3, 0.4) is 0 Å². The van der Waals surface area contributed by atoms with E-state index < -0.39 is 22.1 Å². The monoisotopic (exact) mass is 302 g/mol. The number of sulfonamides is 1. The fourth-order valence-corrected chi connectivity index (χ4v) is 2.49. The summed E-state index contributed by atoms with van der Waals surface area (Å²) in [7, 11) is -3.60. The Balaban J connectivity index is 2.53. The van der Waals surface area contributed by atoms with Crippen molar-refractivity contribution in [1.29, 1.82) is 0 Å². The Morgan fingerprint density at radius 3 is 2.35 bits per heavy atom. The largest absolute Gasteiger partial charge is 0.478 e. The third-order valence-corrected chi connectivity index (χ3v) is 3.58. The number of carbonyl (C=O) groups is 2. The first-order valence-electron chi connectivity index (χ1n) is 5.52. The Bertz CT molecular complexity index is 581. The molecule has 0 fully saturated rings. The summed E-state index contributed by atoms with van der Waals surface area (Å²) in [4.78, 5) is 20.9. The summed E-state index contributed by atoms with van der Waals surface area (Å²) in [6.07, 6.45) is -0.978. The number of primary amides is 1. The van der Waals surface area contributed by atoms with Crippen molar-refractivity contribution in [2.45, 2.75) is 5.75 Å². The van der Waals surface area contributed by atoms with Crippen molar-refractivity contribution in [3.8, 4) is 0 Å². The molecule has 0 aliphatic heterocycles. The van der Waals surface area contributed by atoms with E-state index in [1.165, 1.54) is 24.3 Å². The van der Waals surface area contributed by atoms with Crippen molar-refractivity contribution in [1.82, 2.24) is 4.72 Å². The second kappa shape index (κ2) is 6.87. The lowest BCUT2D eigenvalue weighted by Crippen LogP contribution is -2.30. The number of nitrogens with two attached hydrogens (primary N) is 1. The van der Waals surface area contributed by atoms with Crippen molar-refractivity contribution in [2.75, 3.05) is 13.2 Å². The normalized spacial score (nSPS) is 11.0. The summed E-state index contributed by atoms with van der Waals surface area (Å²) in [6, 6.07) is 5.48. The van der Waals surface area contributed by atoms with Gasteiger partial charge < -0.3 is 15.6 Å². The van der Waals surface area contributed by atoms with Crippen LogP contribution < -0.4 is 10.5 Å². The minimum atomic E-state index is -3.60. The van der Waals surface area contributed by atoms with Gasteiger partial charge in [0, 0.05) is 6.54 Å². The number of carboxylic acid groups (broad SMARTS) is 1. The number of aromatic carboxylic acids is 1. The summed E-state index contributed by atoms with van der Waals surface area (Å²) in [5.41, 5.74) is 5.24. The molecule has 0 bridgehead atoms. The van der Waals surface area contributed by atoms with E-state index in [4.69, 9.17) is 10.8 Å². The van der Waals surface area contributed by atoms with Gasteiger partial charge in [0.1, 0.15) is 6.61 Å². The Morgan fingerprint density at radius 2 is 1.85 bits per heavy atom. The number of benzene rings is 1. The predicted molar refractivity (Wildman–Crippen MR) is 69.6 cm³/mol. The Hall–Kier alpha value is -2.13. The van der Waals surface area contributed by atoms with Gasteiger partial charge in [-0.2, -0.15) is 0 Å². The van der Waals surface area contributed by atoms with Crippen molar-refractivity contribution < 1.29 is 27.9 Å². The van der Waals surface area contributed by atoms with Crippen LogP contribution in [0.15, 0.2) is 24.3 Å². The van der Waals surface area contributed by atoms with E-state index >= 15 is 0 Å². The molecule has 0 spiro atoms. The molecule has 0 saturated carbocycles. The molecule has 8 nitrogen and oxygen atoms in total. The maximum atomic E-state index is 11.7. The minimum absolute atomic E-state index is 0.0777. The molecule has 0 radical (unpaired) electrons. The number of amides is 1. The van der Waals surface area contributed by atoms with Gasteiger partial charge in [0.2, 0.25) is 10.0 Å². The molecular formula is C11H14N2O6S. The molecule has 0 aliphatic rings. The summed E-state index contributed by atoms with van der Waals surface area (Å²) < 4.78 is 29.9. The van der Waals surface area contributed by atoms with Crippen LogP contribution in [0, 0.1) is 0 Å². The fraction of sp³-hybridized carbons (Fsp3) is 0.273. The Morgan fingerprint density at radius 1 is 1.25 bits per heavy atom. The lowest BCUT2D eigenvalue weighted by Gasteiger charge is -2.07. The van der Waals surface area contributed by atoms with E-state index in [1.54, 1.807) is 0 Å². The lowest BCUT2D eigenvalue weighted by molar-refractivity contribution is 0.0697. The molecule has 1 amide bonds. The first-order valence-corrected chi connectivity index (χ1v) is 7.17. The van der Waals surface area contributed by atoms with E-state index in [0.29, 0.717) is 5.56 Å². The zero-order valence-electron chi connectivity index (χ0n) is 10.4. The molecule has 9 heteroatoms. The van der Waals surface area contributed by atoms with Crippen LogP contribution in [0.4, 0.5) is 4.79 Å². The number of rotatable bonds is 7. The molecule has 0 heterocycles. The van der Waals surface area contributed by atoms with Gasteiger partial charge in [0.05, 0.1) is 11.3 Å². The third kappa shape index (κ3) is 5.67. The highest BCUT2D eigenvalue weighted by molar-refractivity contribution is 7.88. The van der Waals surface area contributed by atoms with E-state index in [9.17, 15) is 18.0 Å². The molecule has 20 heavy (non-hydrogen) atoms. The predicted octanol–water partition coefficient (Wildman–Crippen LogP) is -0.100. The second-order valence-electron chi connectivity index (χ2n) is 3.82. The third-order valence-electron chi connectivity index (χ3n) is 2.23. The zero-order chi connectivity index (χ0) is 15.2. The van der Waals surface area contributed by atoms with Gasteiger partial charge in [0.25, 0.3) is 0 Å². The zero-order valence-corrected chi connectivity index (χ0v) is 11.2. The molecule has 0 atom stereocenters. The van der Waals surface area contributed by atoms with Gasteiger partial charge in [-0.05, 0) is 17.7 Å². The van der Waals surface area contributed by atoms with Gasteiger partial charge in [0.15, 0.2) is 0 Å². The highest BCUT2D eigenvalue weighted by atomic mass is 32.2. The minimum Gasteiger partial charge on any atom is -0.478 e. The molecule has 4 N–H and O–H groups in total.